The lowest BCUT2D eigenvalue weighted by Gasteiger charge is -2.15. The first kappa shape index (κ1) is 11.0. The maximum Gasteiger partial charge on any atom is 0.0376 e. The van der Waals surface area contributed by atoms with E-state index in [1.54, 1.807) is 0 Å². The number of fused-ring (bicyclic) bond motifs is 1. The molecule has 1 aliphatic rings. The zero-order valence-electron chi connectivity index (χ0n) is 8.96. The molecular weight excluding hydrogens is 252 g/mol. The molecule has 3 heteroatoms. The number of nitrogens with two attached hydrogens (primary N) is 1. The Labute approximate surface area is 99.4 Å². The molecule has 0 bridgehead atoms. The molecule has 1 aromatic rings. The summed E-state index contributed by atoms with van der Waals surface area (Å²) >= 11 is 3.50. The van der Waals surface area contributed by atoms with Crippen LogP contribution in [0.1, 0.15) is 18.9 Å². The standard InChI is InChI=1S/C12H17BrN2/c1-8(7-14)4-11-6-9-5-10(13)2-3-12(9)15-11/h2-3,5,8,11,15H,4,6-7,14H2,1H3. The zero-order chi connectivity index (χ0) is 10.8. The Morgan fingerprint density at radius 2 is 2.40 bits per heavy atom. The summed E-state index contributed by atoms with van der Waals surface area (Å²) in [5.74, 6) is 0.597. The van der Waals surface area contributed by atoms with Gasteiger partial charge in [0, 0.05) is 16.2 Å². The maximum atomic E-state index is 5.64. The average Bonchev–Trinajstić information content (AvgIpc) is 2.59. The highest BCUT2D eigenvalue weighted by Crippen LogP contribution is 2.30. The molecule has 0 aromatic heterocycles. The second-order valence-electron chi connectivity index (χ2n) is 4.42. The molecular formula is C12H17BrN2. The topological polar surface area (TPSA) is 38.0 Å². The first-order valence-electron chi connectivity index (χ1n) is 5.44. The number of rotatable bonds is 3. The minimum atomic E-state index is 0.563. The molecule has 0 saturated heterocycles. The van der Waals surface area contributed by atoms with Crippen LogP contribution in [0.5, 0.6) is 0 Å². The number of benzene rings is 1. The molecule has 2 nitrogen and oxygen atoms in total. The van der Waals surface area contributed by atoms with Crippen LogP contribution in [0.15, 0.2) is 22.7 Å². The van der Waals surface area contributed by atoms with Crippen molar-refractivity contribution in [1.82, 2.24) is 0 Å². The largest absolute Gasteiger partial charge is 0.382 e. The van der Waals surface area contributed by atoms with Crippen LogP contribution in [0.2, 0.25) is 0 Å². The summed E-state index contributed by atoms with van der Waals surface area (Å²) in [5, 5.41) is 3.55. The molecule has 1 heterocycles. The molecule has 0 spiro atoms. The van der Waals surface area contributed by atoms with Crippen LogP contribution in [0.4, 0.5) is 5.69 Å². The van der Waals surface area contributed by atoms with E-state index < -0.39 is 0 Å². The number of hydrogen-bond donors (Lipinski definition) is 2. The van der Waals surface area contributed by atoms with Crippen LogP contribution in [-0.4, -0.2) is 12.6 Å². The molecule has 3 N–H and O–H groups in total. The van der Waals surface area contributed by atoms with Crippen molar-refractivity contribution in [3.05, 3.63) is 28.2 Å². The van der Waals surface area contributed by atoms with Crippen molar-refractivity contribution in [2.45, 2.75) is 25.8 Å². The summed E-state index contributed by atoms with van der Waals surface area (Å²) < 4.78 is 1.16. The van der Waals surface area contributed by atoms with Gasteiger partial charge in [-0.15, -0.1) is 0 Å². The van der Waals surface area contributed by atoms with E-state index in [1.807, 2.05) is 0 Å². The Hall–Kier alpha value is -0.540. The molecule has 2 atom stereocenters. The Morgan fingerprint density at radius 3 is 3.13 bits per heavy atom. The van der Waals surface area contributed by atoms with Gasteiger partial charge in [0.05, 0.1) is 0 Å². The van der Waals surface area contributed by atoms with Gasteiger partial charge in [0.25, 0.3) is 0 Å². The summed E-state index contributed by atoms with van der Waals surface area (Å²) in [6.07, 6.45) is 2.28. The molecule has 2 unspecified atom stereocenters. The monoisotopic (exact) mass is 268 g/mol. The van der Waals surface area contributed by atoms with Crippen molar-refractivity contribution in [3.8, 4) is 0 Å². The lowest BCUT2D eigenvalue weighted by Crippen LogP contribution is -2.22. The van der Waals surface area contributed by atoms with Crippen molar-refractivity contribution < 1.29 is 0 Å². The molecule has 0 aliphatic carbocycles. The van der Waals surface area contributed by atoms with Crippen LogP contribution in [0, 0.1) is 5.92 Å². The summed E-state index contributed by atoms with van der Waals surface area (Å²) in [7, 11) is 0. The van der Waals surface area contributed by atoms with Gasteiger partial charge in [-0.1, -0.05) is 22.9 Å². The zero-order valence-corrected chi connectivity index (χ0v) is 10.5. The fourth-order valence-corrected chi connectivity index (χ4v) is 2.54. The Balaban J connectivity index is 2.03. The van der Waals surface area contributed by atoms with E-state index in [0.717, 1.165) is 23.9 Å². The fraction of sp³-hybridized carbons (Fsp3) is 0.500. The van der Waals surface area contributed by atoms with E-state index in [9.17, 15) is 0 Å². The molecule has 0 radical (unpaired) electrons. The normalized spacial score (nSPS) is 20.9. The van der Waals surface area contributed by atoms with Gasteiger partial charge in [-0.2, -0.15) is 0 Å². The third-order valence-corrected chi connectivity index (χ3v) is 3.48. The third kappa shape index (κ3) is 2.52. The smallest absolute Gasteiger partial charge is 0.0376 e. The number of hydrogen-bond acceptors (Lipinski definition) is 2. The summed E-state index contributed by atoms with van der Waals surface area (Å²) in [6.45, 7) is 2.98. The molecule has 0 amide bonds. The SMILES string of the molecule is CC(CN)CC1Cc2cc(Br)ccc2N1. The minimum absolute atomic E-state index is 0.563. The molecule has 0 fully saturated rings. The third-order valence-electron chi connectivity index (χ3n) is 2.98. The second-order valence-corrected chi connectivity index (χ2v) is 5.34. The van der Waals surface area contributed by atoms with Crippen LogP contribution < -0.4 is 11.1 Å². The fourth-order valence-electron chi connectivity index (χ4n) is 2.13. The number of halogens is 1. The predicted octanol–water partition coefficient (Wildman–Crippen LogP) is 2.77. The molecule has 1 aliphatic heterocycles. The van der Waals surface area contributed by atoms with Gasteiger partial charge in [0.1, 0.15) is 0 Å². The minimum Gasteiger partial charge on any atom is -0.382 e. The van der Waals surface area contributed by atoms with E-state index in [1.165, 1.54) is 11.3 Å². The molecule has 2 rings (SSSR count). The first-order chi connectivity index (χ1) is 7.19. The quantitative estimate of drug-likeness (QED) is 0.885. The number of nitrogens with one attached hydrogen (secondary N) is 1. The molecule has 82 valence electrons. The lowest BCUT2D eigenvalue weighted by molar-refractivity contribution is 0.496. The molecule has 15 heavy (non-hydrogen) atoms. The van der Waals surface area contributed by atoms with Crippen LogP contribution in [0.3, 0.4) is 0 Å². The Kier molecular flexibility index (Phi) is 3.32. The van der Waals surface area contributed by atoms with Crippen molar-refractivity contribution in [2.24, 2.45) is 11.7 Å². The Bertz CT molecular complexity index is 351. The Morgan fingerprint density at radius 1 is 1.60 bits per heavy atom. The van der Waals surface area contributed by atoms with Crippen molar-refractivity contribution in [3.63, 3.8) is 0 Å². The summed E-state index contributed by atoms with van der Waals surface area (Å²) in [4.78, 5) is 0. The van der Waals surface area contributed by atoms with Gasteiger partial charge >= 0.3 is 0 Å². The van der Waals surface area contributed by atoms with Crippen LogP contribution in [-0.2, 0) is 6.42 Å². The first-order valence-corrected chi connectivity index (χ1v) is 6.23. The average molecular weight is 269 g/mol. The highest BCUT2D eigenvalue weighted by molar-refractivity contribution is 9.10. The van der Waals surface area contributed by atoms with Gasteiger partial charge in [-0.05, 0) is 49.1 Å². The van der Waals surface area contributed by atoms with E-state index in [-0.39, 0.29) is 0 Å². The van der Waals surface area contributed by atoms with Gasteiger partial charge in [0.2, 0.25) is 0 Å². The summed E-state index contributed by atoms with van der Waals surface area (Å²) in [5.41, 5.74) is 8.34. The van der Waals surface area contributed by atoms with Crippen molar-refractivity contribution in [2.75, 3.05) is 11.9 Å². The van der Waals surface area contributed by atoms with Gasteiger partial charge in [-0.3, -0.25) is 0 Å². The maximum absolute atomic E-state index is 5.64. The van der Waals surface area contributed by atoms with E-state index in [0.29, 0.717) is 12.0 Å². The molecule has 1 aromatic carbocycles. The summed E-state index contributed by atoms with van der Waals surface area (Å²) in [6, 6.07) is 7.00. The predicted molar refractivity (Wildman–Crippen MR) is 68.1 cm³/mol. The highest BCUT2D eigenvalue weighted by Gasteiger charge is 2.21. The van der Waals surface area contributed by atoms with E-state index >= 15 is 0 Å². The van der Waals surface area contributed by atoms with Gasteiger partial charge in [-0.25, -0.2) is 0 Å². The van der Waals surface area contributed by atoms with Gasteiger partial charge < -0.3 is 11.1 Å². The van der Waals surface area contributed by atoms with Crippen LogP contribution in [0.25, 0.3) is 0 Å². The lowest BCUT2D eigenvalue weighted by atomic mass is 9.99. The van der Waals surface area contributed by atoms with Gasteiger partial charge in [0.15, 0.2) is 0 Å². The van der Waals surface area contributed by atoms with Crippen LogP contribution >= 0.6 is 15.9 Å². The van der Waals surface area contributed by atoms with E-state index in [2.05, 4.69) is 46.4 Å². The number of anilines is 1. The van der Waals surface area contributed by atoms with Crippen molar-refractivity contribution >= 4 is 21.6 Å². The second kappa shape index (κ2) is 4.54. The van der Waals surface area contributed by atoms with E-state index in [4.69, 9.17) is 5.73 Å². The highest BCUT2D eigenvalue weighted by atomic mass is 79.9. The molecule has 0 saturated carbocycles. The van der Waals surface area contributed by atoms with Crippen molar-refractivity contribution in [1.29, 1.82) is 0 Å².